The normalized spacial score (nSPS) is 17.7. The van der Waals surface area contributed by atoms with Gasteiger partial charge in [-0.1, -0.05) is 13.8 Å². The van der Waals surface area contributed by atoms with Crippen LogP contribution in [0.25, 0.3) is 0 Å². The Hall–Kier alpha value is -1.47. The van der Waals surface area contributed by atoms with E-state index in [9.17, 15) is 4.79 Å². The van der Waals surface area contributed by atoms with Crippen LogP contribution in [0.3, 0.4) is 0 Å². The number of nitrogens with zero attached hydrogens (tertiary/aromatic N) is 2. The second-order valence-electron chi connectivity index (χ2n) is 4.84. The maximum absolute atomic E-state index is 10.2. The summed E-state index contributed by atoms with van der Waals surface area (Å²) in [4.78, 5) is 18.1. The molecule has 3 nitrogen and oxygen atoms in total. The average Bonchev–Trinajstić information content (AvgIpc) is 2.16. The predicted octanol–water partition coefficient (Wildman–Crippen LogP) is 2.56. The smallest absolute Gasteiger partial charge is 0.240 e. The Bertz CT molecular complexity index is 431. The van der Waals surface area contributed by atoms with E-state index in [1.807, 2.05) is 6.07 Å². The van der Waals surface area contributed by atoms with Crippen molar-refractivity contribution in [2.24, 2.45) is 10.4 Å². The summed E-state index contributed by atoms with van der Waals surface area (Å²) in [5, 5.41) is 0. The second-order valence-corrected chi connectivity index (χ2v) is 4.84. The first-order valence-corrected chi connectivity index (χ1v) is 5.16. The zero-order valence-electron chi connectivity index (χ0n) is 9.08. The van der Waals surface area contributed by atoms with Crippen LogP contribution in [0.1, 0.15) is 31.5 Å². The van der Waals surface area contributed by atoms with E-state index >= 15 is 0 Å². The van der Waals surface area contributed by atoms with E-state index in [0.717, 1.165) is 18.5 Å². The van der Waals surface area contributed by atoms with Crippen LogP contribution in [-0.2, 0) is 17.6 Å². The average molecular weight is 202 g/mol. The van der Waals surface area contributed by atoms with Crippen molar-refractivity contribution >= 4 is 11.8 Å². The quantitative estimate of drug-likeness (QED) is 0.519. The SMILES string of the molecule is CC1(C)CCc2ncc(N=C=O)cc2C1. The molecule has 0 radical (unpaired) electrons. The highest BCUT2D eigenvalue weighted by Gasteiger charge is 2.25. The number of pyridine rings is 1. The van der Waals surface area contributed by atoms with Crippen LogP contribution in [-0.4, -0.2) is 11.1 Å². The van der Waals surface area contributed by atoms with Crippen molar-refractivity contribution in [1.29, 1.82) is 0 Å². The minimum absolute atomic E-state index is 0.332. The number of aromatic nitrogens is 1. The van der Waals surface area contributed by atoms with Gasteiger partial charge in [-0.3, -0.25) is 4.98 Å². The fourth-order valence-corrected chi connectivity index (χ4v) is 2.08. The van der Waals surface area contributed by atoms with Gasteiger partial charge in [0, 0.05) is 5.69 Å². The molecule has 0 aromatic carbocycles. The first kappa shape index (κ1) is 10.1. The van der Waals surface area contributed by atoms with Crippen LogP contribution >= 0.6 is 0 Å². The molecule has 1 heterocycles. The minimum Gasteiger partial charge on any atom is -0.259 e. The highest BCUT2D eigenvalue weighted by atomic mass is 16.1. The first-order chi connectivity index (χ1) is 7.11. The molecule has 0 N–H and O–H groups in total. The topological polar surface area (TPSA) is 42.3 Å². The second kappa shape index (κ2) is 3.59. The lowest BCUT2D eigenvalue weighted by atomic mass is 9.76. The molecule has 0 saturated heterocycles. The molecule has 0 fully saturated rings. The highest BCUT2D eigenvalue weighted by Crippen LogP contribution is 2.34. The van der Waals surface area contributed by atoms with E-state index in [1.165, 1.54) is 12.0 Å². The summed E-state index contributed by atoms with van der Waals surface area (Å²) in [6, 6.07) is 1.95. The van der Waals surface area contributed by atoms with Gasteiger partial charge < -0.3 is 0 Å². The maximum atomic E-state index is 10.2. The van der Waals surface area contributed by atoms with E-state index in [-0.39, 0.29) is 0 Å². The van der Waals surface area contributed by atoms with Crippen LogP contribution in [0.2, 0.25) is 0 Å². The monoisotopic (exact) mass is 202 g/mol. The molecule has 2 rings (SSSR count). The van der Waals surface area contributed by atoms with E-state index < -0.39 is 0 Å². The number of aliphatic imine (C=N–C) groups is 1. The first-order valence-electron chi connectivity index (χ1n) is 5.16. The van der Waals surface area contributed by atoms with Gasteiger partial charge in [0.25, 0.3) is 0 Å². The highest BCUT2D eigenvalue weighted by molar-refractivity contribution is 5.49. The zero-order chi connectivity index (χ0) is 10.9. The molecule has 1 aliphatic carbocycles. The van der Waals surface area contributed by atoms with Crippen molar-refractivity contribution in [3.63, 3.8) is 0 Å². The summed E-state index contributed by atoms with van der Waals surface area (Å²) in [5.74, 6) is 0. The van der Waals surface area contributed by atoms with E-state index in [4.69, 9.17) is 0 Å². The number of aryl methyl sites for hydroxylation is 1. The van der Waals surface area contributed by atoms with E-state index in [2.05, 4.69) is 23.8 Å². The molecule has 0 aliphatic heterocycles. The van der Waals surface area contributed by atoms with Gasteiger partial charge >= 0.3 is 0 Å². The minimum atomic E-state index is 0.332. The molecule has 3 heteroatoms. The van der Waals surface area contributed by atoms with E-state index in [1.54, 1.807) is 12.3 Å². The van der Waals surface area contributed by atoms with E-state index in [0.29, 0.717) is 11.1 Å². The fourth-order valence-electron chi connectivity index (χ4n) is 2.08. The molecule has 0 amide bonds. The number of rotatable bonds is 1. The lowest BCUT2D eigenvalue weighted by molar-refractivity contribution is 0.312. The predicted molar refractivity (Wildman–Crippen MR) is 57.8 cm³/mol. The van der Waals surface area contributed by atoms with Crippen molar-refractivity contribution in [3.05, 3.63) is 23.5 Å². The Morgan fingerprint density at radius 2 is 2.33 bits per heavy atom. The number of isocyanates is 1. The molecule has 78 valence electrons. The molecule has 0 bridgehead atoms. The fraction of sp³-hybridized carbons (Fsp3) is 0.500. The summed E-state index contributed by atoms with van der Waals surface area (Å²) in [5.41, 5.74) is 3.32. The molecule has 1 aromatic rings. The summed E-state index contributed by atoms with van der Waals surface area (Å²) in [7, 11) is 0. The van der Waals surface area contributed by atoms with Gasteiger partial charge in [0.15, 0.2) is 0 Å². The van der Waals surface area contributed by atoms with Crippen molar-refractivity contribution in [2.75, 3.05) is 0 Å². The molecular weight excluding hydrogens is 188 g/mol. The Morgan fingerprint density at radius 1 is 1.53 bits per heavy atom. The van der Waals surface area contributed by atoms with Gasteiger partial charge in [-0.05, 0) is 36.3 Å². The summed E-state index contributed by atoms with van der Waals surface area (Å²) in [6.07, 6.45) is 6.39. The largest absolute Gasteiger partial charge is 0.259 e. The lowest BCUT2D eigenvalue weighted by Crippen LogP contribution is -2.22. The molecule has 1 aliphatic rings. The molecule has 15 heavy (non-hydrogen) atoms. The molecule has 0 atom stereocenters. The summed E-state index contributed by atoms with van der Waals surface area (Å²) >= 11 is 0. The molecule has 0 saturated carbocycles. The van der Waals surface area contributed by atoms with Crippen molar-refractivity contribution in [1.82, 2.24) is 4.98 Å². The van der Waals surface area contributed by atoms with Crippen LogP contribution in [0.15, 0.2) is 17.3 Å². The van der Waals surface area contributed by atoms with Crippen LogP contribution < -0.4 is 0 Å². The summed E-state index contributed by atoms with van der Waals surface area (Å²) in [6.45, 7) is 4.51. The molecule has 0 spiro atoms. The van der Waals surface area contributed by atoms with Gasteiger partial charge in [-0.25, -0.2) is 4.79 Å². The standard InChI is InChI=1S/C12H14N2O/c1-12(2)4-3-11-9(6-12)5-10(7-13-11)14-8-15/h5,7H,3-4,6H2,1-2H3. The third-order valence-electron chi connectivity index (χ3n) is 2.93. The lowest BCUT2D eigenvalue weighted by Gasteiger charge is -2.30. The van der Waals surface area contributed by atoms with Crippen molar-refractivity contribution in [3.8, 4) is 0 Å². The zero-order valence-corrected chi connectivity index (χ0v) is 9.08. The van der Waals surface area contributed by atoms with Crippen LogP contribution in [0, 0.1) is 5.41 Å². The van der Waals surface area contributed by atoms with Gasteiger partial charge in [-0.2, -0.15) is 4.99 Å². The van der Waals surface area contributed by atoms with Crippen molar-refractivity contribution in [2.45, 2.75) is 33.1 Å². The Morgan fingerprint density at radius 3 is 3.07 bits per heavy atom. The Labute approximate surface area is 89.3 Å². The molecule has 1 aromatic heterocycles. The Balaban J connectivity index is 2.39. The van der Waals surface area contributed by atoms with Gasteiger partial charge in [-0.15, -0.1) is 0 Å². The van der Waals surface area contributed by atoms with Crippen LogP contribution in [0.4, 0.5) is 5.69 Å². The number of fused-ring (bicyclic) bond motifs is 1. The maximum Gasteiger partial charge on any atom is 0.240 e. The van der Waals surface area contributed by atoms with Crippen molar-refractivity contribution < 1.29 is 4.79 Å². The van der Waals surface area contributed by atoms with Gasteiger partial charge in [0.05, 0.1) is 11.9 Å². The molecular formula is C12H14N2O. The van der Waals surface area contributed by atoms with Gasteiger partial charge in [0.1, 0.15) is 0 Å². The number of carbonyl (C=O) groups excluding carboxylic acids is 1. The Kier molecular flexibility index (Phi) is 2.41. The van der Waals surface area contributed by atoms with Gasteiger partial charge in [0.2, 0.25) is 6.08 Å². The van der Waals surface area contributed by atoms with Crippen LogP contribution in [0.5, 0.6) is 0 Å². The third-order valence-corrected chi connectivity index (χ3v) is 2.93. The molecule has 0 unspecified atom stereocenters. The summed E-state index contributed by atoms with van der Waals surface area (Å²) < 4.78 is 0. The number of hydrogen-bond acceptors (Lipinski definition) is 3. The third kappa shape index (κ3) is 2.13. The number of hydrogen-bond donors (Lipinski definition) is 0.